The lowest BCUT2D eigenvalue weighted by molar-refractivity contribution is -0.142. The Morgan fingerprint density at radius 2 is 1.59 bits per heavy atom. The molecule has 8 nitrogen and oxygen atoms in total. The van der Waals surface area contributed by atoms with Crippen LogP contribution in [0.15, 0.2) is 0 Å². The van der Waals surface area contributed by atoms with E-state index in [9.17, 15) is 14.4 Å². The van der Waals surface area contributed by atoms with Crippen molar-refractivity contribution < 1.29 is 19.6 Å². The fraction of sp³-hybridized carbons (Fsp3) is 0.857. The summed E-state index contributed by atoms with van der Waals surface area (Å²) in [6.07, 6.45) is 9.66. The molecular formula is C21H38N4O4. The Balaban J connectivity index is 2.07. The zero-order chi connectivity index (χ0) is 21.4. The number of urea groups is 1. The average Bonchev–Trinajstić information content (AvgIpc) is 3.18. The van der Waals surface area contributed by atoms with Crippen molar-refractivity contribution in [3.8, 4) is 0 Å². The second kappa shape index (κ2) is 10.8. The summed E-state index contributed by atoms with van der Waals surface area (Å²) in [6, 6.07) is -0.953. The van der Waals surface area contributed by atoms with Crippen molar-refractivity contribution in [1.29, 1.82) is 0 Å². The number of hydroxylamine groups is 1. The minimum atomic E-state index is -0.765. The van der Waals surface area contributed by atoms with Crippen LogP contribution in [-0.2, 0) is 9.59 Å². The molecule has 2 fully saturated rings. The van der Waals surface area contributed by atoms with Crippen molar-refractivity contribution >= 4 is 17.8 Å². The normalized spacial score (nSPS) is 19.4. The van der Waals surface area contributed by atoms with Crippen molar-refractivity contribution in [2.24, 2.45) is 11.3 Å². The lowest BCUT2D eigenvalue weighted by atomic mass is 9.85. The van der Waals surface area contributed by atoms with Gasteiger partial charge in [-0.15, -0.1) is 0 Å². The van der Waals surface area contributed by atoms with Gasteiger partial charge < -0.3 is 15.5 Å². The van der Waals surface area contributed by atoms with Gasteiger partial charge in [0.15, 0.2) is 0 Å². The smallest absolute Gasteiger partial charge is 0.315 e. The lowest BCUT2D eigenvalue weighted by Crippen LogP contribution is -2.59. The van der Waals surface area contributed by atoms with Crippen molar-refractivity contribution in [1.82, 2.24) is 21.0 Å². The Labute approximate surface area is 174 Å². The molecule has 0 heterocycles. The van der Waals surface area contributed by atoms with Gasteiger partial charge >= 0.3 is 6.03 Å². The van der Waals surface area contributed by atoms with Crippen LogP contribution >= 0.6 is 0 Å². The van der Waals surface area contributed by atoms with E-state index >= 15 is 0 Å². The number of nitrogens with zero attached hydrogens (tertiary/aromatic N) is 1. The summed E-state index contributed by atoms with van der Waals surface area (Å²) in [6.45, 7) is 5.94. The van der Waals surface area contributed by atoms with Crippen LogP contribution < -0.4 is 16.1 Å². The van der Waals surface area contributed by atoms with Gasteiger partial charge in [0.05, 0.1) is 0 Å². The molecule has 2 saturated carbocycles. The molecule has 0 saturated heterocycles. The summed E-state index contributed by atoms with van der Waals surface area (Å²) in [7, 11) is 0. The van der Waals surface area contributed by atoms with Gasteiger partial charge in [-0.3, -0.25) is 14.8 Å². The second-order valence-electron chi connectivity index (χ2n) is 9.66. The standard InChI is InChI=1S/C21H38N4O4/c1-21(2,3)18(23-20(28)22-16-11-5-4-6-12-16)19(27)25(14-17(26)24-29)13-15-9-7-8-10-15/h15-16,18,29H,4-14H2,1-3H3,(H,24,26)(H2,22,23,28)/t18-/m1/s1. The van der Waals surface area contributed by atoms with E-state index in [2.05, 4.69) is 10.6 Å². The largest absolute Gasteiger partial charge is 0.335 e. The van der Waals surface area contributed by atoms with E-state index in [0.29, 0.717) is 12.5 Å². The first kappa shape index (κ1) is 23.4. The second-order valence-corrected chi connectivity index (χ2v) is 9.66. The zero-order valence-corrected chi connectivity index (χ0v) is 18.1. The maximum atomic E-state index is 13.4. The van der Waals surface area contributed by atoms with E-state index in [1.807, 2.05) is 20.8 Å². The number of hydrogen-bond donors (Lipinski definition) is 4. The fourth-order valence-corrected chi connectivity index (χ4v) is 4.38. The molecule has 1 atom stereocenters. The van der Waals surface area contributed by atoms with Crippen molar-refractivity contribution in [2.75, 3.05) is 13.1 Å². The first-order chi connectivity index (χ1) is 13.7. The first-order valence-electron chi connectivity index (χ1n) is 11.0. The molecule has 4 amide bonds. The topological polar surface area (TPSA) is 111 Å². The fourth-order valence-electron chi connectivity index (χ4n) is 4.38. The lowest BCUT2D eigenvalue weighted by Gasteiger charge is -2.36. The maximum absolute atomic E-state index is 13.4. The molecule has 0 aliphatic heterocycles. The number of nitrogens with one attached hydrogen (secondary N) is 3. The Kier molecular flexibility index (Phi) is 8.74. The van der Waals surface area contributed by atoms with E-state index in [4.69, 9.17) is 5.21 Å². The van der Waals surface area contributed by atoms with Crippen LogP contribution in [0, 0.1) is 11.3 Å². The molecule has 0 aromatic carbocycles. The minimum Gasteiger partial charge on any atom is -0.335 e. The zero-order valence-electron chi connectivity index (χ0n) is 18.1. The van der Waals surface area contributed by atoms with E-state index in [0.717, 1.165) is 51.4 Å². The van der Waals surface area contributed by atoms with E-state index in [1.165, 1.54) is 11.3 Å². The van der Waals surface area contributed by atoms with Crippen molar-refractivity contribution in [3.63, 3.8) is 0 Å². The molecule has 2 aliphatic rings. The maximum Gasteiger partial charge on any atom is 0.315 e. The van der Waals surface area contributed by atoms with Crippen LogP contribution in [0.5, 0.6) is 0 Å². The highest BCUT2D eigenvalue weighted by atomic mass is 16.5. The molecule has 0 aromatic rings. The third-order valence-electron chi connectivity index (χ3n) is 6.05. The minimum absolute atomic E-state index is 0.147. The van der Waals surface area contributed by atoms with Gasteiger partial charge in [0.1, 0.15) is 12.6 Å². The average molecular weight is 411 g/mol. The van der Waals surface area contributed by atoms with Crippen LogP contribution in [-0.4, -0.2) is 53.1 Å². The summed E-state index contributed by atoms with van der Waals surface area (Å²) in [5.74, 6) is -0.565. The summed E-state index contributed by atoms with van der Waals surface area (Å²) < 4.78 is 0. The molecule has 166 valence electrons. The predicted octanol–water partition coefficient (Wildman–Crippen LogP) is 2.56. The summed E-state index contributed by atoms with van der Waals surface area (Å²) in [5, 5.41) is 14.8. The van der Waals surface area contributed by atoms with Gasteiger partial charge in [0.2, 0.25) is 5.91 Å². The highest BCUT2D eigenvalue weighted by Crippen LogP contribution is 2.27. The Bertz CT molecular complexity index is 564. The molecule has 0 aromatic heterocycles. The summed E-state index contributed by atoms with van der Waals surface area (Å²) in [5.41, 5.74) is 1.09. The highest BCUT2D eigenvalue weighted by molar-refractivity contribution is 5.90. The van der Waals surface area contributed by atoms with Crippen molar-refractivity contribution in [3.05, 3.63) is 0 Å². The van der Waals surface area contributed by atoms with Crippen LogP contribution in [0.2, 0.25) is 0 Å². The molecule has 0 spiro atoms. The highest BCUT2D eigenvalue weighted by Gasteiger charge is 2.37. The Morgan fingerprint density at radius 3 is 2.14 bits per heavy atom. The molecular weight excluding hydrogens is 372 g/mol. The van der Waals surface area contributed by atoms with E-state index in [1.54, 1.807) is 5.48 Å². The Hall–Kier alpha value is -1.83. The molecule has 29 heavy (non-hydrogen) atoms. The number of carbonyl (C=O) groups excluding carboxylic acids is 3. The molecule has 2 aliphatic carbocycles. The van der Waals surface area contributed by atoms with Crippen molar-refractivity contribution in [2.45, 2.75) is 90.6 Å². The Morgan fingerprint density at radius 1 is 1.00 bits per heavy atom. The summed E-state index contributed by atoms with van der Waals surface area (Å²) in [4.78, 5) is 39.3. The number of amides is 4. The quantitative estimate of drug-likeness (QED) is 0.382. The molecule has 4 N–H and O–H groups in total. The van der Waals surface area contributed by atoms with Crippen LogP contribution in [0.1, 0.15) is 78.6 Å². The first-order valence-corrected chi connectivity index (χ1v) is 11.0. The summed E-state index contributed by atoms with van der Waals surface area (Å²) >= 11 is 0. The predicted molar refractivity (Wildman–Crippen MR) is 110 cm³/mol. The van der Waals surface area contributed by atoms with E-state index < -0.39 is 17.4 Å². The van der Waals surface area contributed by atoms with Gasteiger partial charge in [-0.1, -0.05) is 52.9 Å². The van der Waals surface area contributed by atoms with Gasteiger partial charge in [-0.25, -0.2) is 10.3 Å². The van der Waals surface area contributed by atoms with Gasteiger partial charge in [-0.05, 0) is 37.0 Å². The number of hydrogen-bond acceptors (Lipinski definition) is 4. The van der Waals surface area contributed by atoms with Crippen LogP contribution in [0.4, 0.5) is 4.79 Å². The van der Waals surface area contributed by atoms with Gasteiger partial charge in [0, 0.05) is 12.6 Å². The monoisotopic (exact) mass is 410 g/mol. The van der Waals surface area contributed by atoms with Crippen LogP contribution in [0.3, 0.4) is 0 Å². The van der Waals surface area contributed by atoms with Gasteiger partial charge in [-0.2, -0.15) is 0 Å². The van der Waals surface area contributed by atoms with E-state index in [-0.39, 0.29) is 24.5 Å². The SMILES string of the molecule is CC(C)(C)[C@H](NC(=O)NC1CCCCC1)C(=O)N(CC(=O)NO)CC1CCCC1. The molecule has 0 unspecified atom stereocenters. The van der Waals surface area contributed by atoms with Gasteiger partial charge in [0.25, 0.3) is 5.91 Å². The van der Waals surface area contributed by atoms with Crippen LogP contribution in [0.25, 0.3) is 0 Å². The molecule has 2 rings (SSSR count). The third kappa shape index (κ3) is 7.49. The molecule has 8 heteroatoms. The number of carbonyl (C=O) groups is 3. The molecule has 0 radical (unpaired) electrons. The number of rotatable bonds is 7. The third-order valence-corrected chi connectivity index (χ3v) is 6.05. The molecule has 0 bridgehead atoms.